The third kappa shape index (κ3) is 4.02. The predicted octanol–water partition coefficient (Wildman–Crippen LogP) is 2.83. The number of likely N-dealkylation sites (N-methyl/N-ethyl adjacent to an activating group) is 1. The number of hydrogen-bond donors (Lipinski definition) is 0. The molecule has 0 saturated carbocycles. The molecule has 2 atom stereocenters. The van der Waals surface area contributed by atoms with E-state index in [4.69, 9.17) is 4.52 Å². The van der Waals surface area contributed by atoms with Gasteiger partial charge in [-0.1, -0.05) is 11.2 Å². The minimum Gasteiger partial charge on any atom is -0.339 e. The van der Waals surface area contributed by atoms with Crippen molar-refractivity contribution in [2.75, 3.05) is 27.2 Å². The van der Waals surface area contributed by atoms with Gasteiger partial charge in [0.05, 0.1) is 5.92 Å². The summed E-state index contributed by atoms with van der Waals surface area (Å²) in [4.78, 5) is 25.3. The predicted molar refractivity (Wildman–Crippen MR) is 105 cm³/mol. The van der Waals surface area contributed by atoms with Crippen molar-refractivity contribution < 1.29 is 13.7 Å². The van der Waals surface area contributed by atoms with Crippen molar-refractivity contribution in [1.82, 2.24) is 24.9 Å². The molecule has 1 aliphatic heterocycles. The van der Waals surface area contributed by atoms with Crippen molar-refractivity contribution >= 4 is 5.91 Å². The SMILES string of the molecule is CN(C)C1CCN(C(=O)c2cccc(F)c2)CC1c1nc(-c2ccncc2)no1. The molecule has 1 fully saturated rings. The molecule has 29 heavy (non-hydrogen) atoms. The zero-order valence-corrected chi connectivity index (χ0v) is 16.3. The van der Waals surface area contributed by atoms with Crippen molar-refractivity contribution in [2.24, 2.45) is 0 Å². The molecule has 7 nitrogen and oxygen atoms in total. The van der Waals surface area contributed by atoms with Crippen LogP contribution in [0.2, 0.25) is 0 Å². The number of rotatable bonds is 4. The van der Waals surface area contributed by atoms with Crippen molar-refractivity contribution in [1.29, 1.82) is 0 Å². The van der Waals surface area contributed by atoms with E-state index in [1.54, 1.807) is 29.4 Å². The minimum absolute atomic E-state index is 0.139. The molecule has 0 spiro atoms. The fraction of sp³-hybridized carbons (Fsp3) is 0.333. The van der Waals surface area contributed by atoms with Gasteiger partial charge in [0.2, 0.25) is 11.7 Å². The first kappa shape index (κ1) is 19.2. The first-order chi connectivity index (χ1) is 14.0. The fourth-order valence-corrected chi connectivity index (χ4v) is 3.79. The number of halogens is 1. The number of piperidine rings is 1. The first-order valence-corrected chi connectivity index (χ1v) is 9.48. The van der Waals surface area contributed by atoms with E-state index in [1.165, 1.54) is 12.1 Å². The molecule has 3 aromatic rings. The highest BCUT2D eigenvalue weighted by Gasteiger charge is 2.37. The summed E-state index contributed by atoms with van der Waals surface area (Å²) in [5.41, 5.74) is 1.16. The lowest BCUT2D eigenvalue weighted by molar-refractivity contribution is 0.0589. The summed E-state index contributed by atoms with van der Waals surface area (Å²) < 4.78 is 19.1. The topological polar surface area (TPSA) is 75.4 Å². The van der Waals surface area contributed by atoms with Crippen LogP contribution in [0, 0.1) is 5.82 Å². The van der Waals surface area contributed by atoms with E-state index in [0.717, 1.165) is 12.0 Å². The highest BCUT2D eigenvalue weighted by Crippen LogP contribution is 2.31. The van der Waals surface area contributed by atoms with Crippen molar-refractivity contribution in [3.05, 3.63) is 66.1 Å². The van der Waals surface area contributed by atoms with Crippen LogP contribution in [0.3, 0.4) is 0 Å². The van der Waals surface area contributed by atoms with Crippen molar-refractivity contribution in [2.45, 2.75) is 18.4 Å². The summed E-state index contributed by atoms with van der Waals surface area (Å²) in [7, 11) is 4.00. The van der Waals surface area contributed by atoms with Gasteiger partial charge in [-0.25, -0.2) is 4.39 Å². The zero-order valence-electron chi connectivity index (χ0n) is 16.3. The van der Waals surface area contributed by atoms with Crippen LogP contribution in [-0.2, 0) is 0 Å². The fourth-order valence-electron chi connectivity index (χ4n) is 3.79. The number of aromatic nitrogens is 3. The molecule has 8 heteroatoms. The number of carbonyl (C=O) groups is 1. The Morgan fingerprint density at radius 2 is 2.03 bits per heavy atom. The maximum absolute atomic E-state index is 13.6. The Kier molecular flexibility index (Phi) is 5.35. The van der Waals surface area contributed by atoms with Gasteiger partial charge in [-0.05, 0) is 50.8 Å². The number of likely N-dealkylation sites (tertiary alicyclic amines) is 1. The zero-order chi connectivity index (χ0) is 20.4. The second-order valence-electron chi connectivity index (χ2n) is 7.38. The van der Waals surface area contributed by atoms with Gasteiger partial charge in [0.25, 0.3) is 5.91 Å². The summed E-state index contributed by atoms with van der Waals surface area (Å²) in [6.45, 7) is 1.01. The lowest BCUT2D eigenvalue weighted by Gasteiger charge is -2.39. The van der Waals surface area contributed by atoms with Gasteiger partial charge in [0, 0.05) is 42.7 Å². The lowest BCUT2D eigenvalue weighted by Crippen LogP contribution is -2.49. The van der Waals surface area contributed by atoms with Crippen molar-refractivity contribution in [3.63, 3.8) is 0 Å². The normalized spacial score (nSPS) is 19.5. The van der Waals surface area contributed by atoms with Crippen LogP contribution in [-0.4, -0.2) is 64.1 Å². The second-order valence-corrected chi connectivity index (χ2v) is 7.38. The summed E-state index contributed by atoms with van der Waals surface area (Å²) in [6.07, 6.45) is 4.10. The number of nitrogens with zero attached hydrogens (tertiary/aromatic N) is 5. The Hall–Kier alpha value is -3.13. The highest BCUT2D eigenvalue weighted by molar-refractivity contribution is 5.94. The Morgan fingerprint density at radius 1 is 1.24 bits per heavy atom. The molecule has 1 saturated heterocycles. The molecule has 150 valence electrons. The Bertz CT molecular complexity index is 992. The monoisotopic (exact) mass is 395 g/mol. The van der Waals surface area contributed by atoms with Crippen LogP contribution in [0.25, 0.3) is 11.4 Å². The molecule has 3 heterocycles. The summed E-state index contributed by atoms with van der Waals surface area (Å²) in [5, 5.41) is 4.11. The van der Waals surface area contributed by atoms with E-state index in [2.05, 4.69) is 20.0 Å². The maximum atomic E-state index is 13.6. The number of carbonyl (C=O) groups excluding carboxylic acids is 1. The molecule has 1 aliphatic rings. The van der Waals surface area contributed by atoms with Crippen LogP contribution in [0.5, 0.6) is 0 Å². The lowest BCUT2D eigenvalue weighted by atomic mass is 9.90. The van der Waals surface area contributed by atoms with Crippen LogP contribution >= 0.6 is 0 Å². The Morgan fingerprint density at radius 3 is 2.76 bits per heavy atom. The van der Waals surface area contributed by atoms with Gasteiger partial charge < -0.3 is 14.3 Å². The van der Waals surface area contributed by atoms with E-state index in [1.807, 2.05) is 26.2 Å². The van der Waals surface area contributed by atoms with Gasteiger partial charge >= 0.3 is 0 Å². The van der Waals surface area contributed by atoms with E-state index in [0.29, 0.717) is 30.4 Å². The maximum Gasteiger partial charge on any atom is 0.253 e. The number of hydrogen-bond acceptors (Lipinski definition) is 6. The number of pyridine rings is 1. The van der Waals surface area contributed by atoms with Crippen LogP contribution in [0.4, 0.5) is 4.39 Å². The van der Waals surface area contributed by atoms with Crippen molar-refractivity contribution in [3.8, 4) is 11.4 Å². The van der Waals surface area contributed by atoms with Gasteiger partial charge in [-0.15, -0.1) is 0 Å². The average Bonchev–Trinajstić information content (AvgIpc) is 3.23. The quantitative estimate of drug-likeness (QED) is 0.676. The second kappa shape index (κ2) is 8.08. The summed E-state index contributed by atoms with van der Waals surface area (Å²) in [6, 6.07) is 9.56. The van der Waals surface area contributed by atoms with Gasteiger partial charge in [-0.3, -0.25) is 9.78 Å². The molecule has 0 N–H and O–H groups in total. The average molecular weight is 395 g/mol. The minimum atomic E-state index is -0.422. The molecule has 1 amide bonds. The molecule has 2 aromatic heterocycles. The Balaban J connectivity index is 1.59. The third-order valence-corrected chi connectivity index (χ3v) is 5.30. The standard InChI is InChI=1S/C21H22FN5O2/c1-26(2)18-8-11-27(21(28)15-4-3-5-16(22)12-15)13-17(18)20-24-19(25-29-20)14-6-9-23-10-7-14/h3-7,9-10,12,17-18H,8,11,13H2,1-2H3. The summed E-state index contributed by atoms with van der Waals surface area (Å²) in [5.74, 6) is 0.232. The highest BCUT2D eigenvalue weighted by atomic mass is 19.1. The molecular weight excluding hydrogens is 373 g/mol. The molecule has 0 bridgehead atoms. The van der Waals surface area contributed by atoms with Gasteiger partial charge in [0.15, 0.2) is 0 Å². The van der Waals surface area contributed by atoms with Crippen LogP contribution in [0.1, 0.15) is 28.6 Å². The Labute approximate surface area is 168 Å². The first-order valence-electron chi connectivity index (χ1n) is 9.48. The molecule has 4 rings (SSSR count). The number of benzene rings is 1. The molecular formula is C21H22FN5O2. The molecule has 2 unspecified atom stereocenters. The molecule has 1 aromatic carbocycles. The largest absolute Gasteiger partial charge is 0.339 e. The smallest absolute Gasteiger partial charge is 0.253 e. The van der Waals surface area contributed by atoms with Gasteiger partial charge in [-0.2, -0.15) is 4.98 Å². The third-order valence-electron chi connectivity index (χ3n) is 5.30. The van der Waals surface area contributed by atoms with E-state index in [-0.39, 0.29) is 17.9 Å². The van der Waals surface area contributed by atoms with E-state index in [9.17, 15) is 9.18 Å². The van der Waals surface area contributed by atoms with E-state index >= 15 is 0 Å². The van der Waals surface area contributed by atoms with Crippen LogP contribution < -0.4 is 0 Å². The van der Waals surface area contributed by atoms with Crippen LogP contribution in [0.15, 0.2) is 53.3 Å². The van der Waals surface area contributed by atoms with Gasteiger partial charge in [0.1, 0.15) is 5.82 Å². The molecule has 0 aliphatic carbocycles. The number of amides is 1. The van der Waals surface area contributed by atoms with E-state index < -0.39 is 5.82 Å². The molecule has 0 radical (unpaired) electrons. The summed E-state index contributed by atoms with van der Waals surface area (Å²) >= 11 is 0.